The number of likely N-dealkylation sites (tertiary alicyclic amines) is 1. The van der Waals surface area contributed by atoms with Crippen molar-refractivity contribution in [2.75, 3.05) is 32.8 Å². The number of ether oxygens (including phenoxy) is 2. The maximum Gasteiger partial charge on any atom is 0.326 e. The molecule has 1 spiro atoms. The molecule has 0 radical (unpaired) electrons. The Hall–Kier alpha value is -1.18. The van der Waals surface area contributed by atoms with Crippen molar-refractivity contribution in [3.8, 4) is 0 Å². The molecule has 7 heteroatoms. The minimum Gasteiger partial charge on any atom is -0.480 e. The van der Waals surface area contributed by atoms with Crippen LogP contribution < -0.4 is 5.32 Å². The molecule has 23 heavy (non-hydrogen) atoms. The summed E-state index contributed by atoms with van der Waals surface area (Å²) in [7, 11) is 0. The highest BCUT2D eigenvalue weighted by molar-refractivity contribution is 5.83. The van der Waals surface area contributed by atoms with Gasteiger partial charge in [0.05, 0.1) is 13.2 Å². The Kier molecular flexibility index (Phi) is 6.38. The van der Waals surface area contributed by atoms with Crippen LogP contribution in [0.2, 0.25) is 0 Å². The van der Waals surface area contributed by atoms with Crippen molar-refractivity contribution < 1.29 is 24.2 Å². The molecular formula is C16H28N2O5. The number of piperidine rings is 1. The van der Waals surface area contributed by atoms with Crippen molar-refractivity contribution in [1.29, 1.82) is 0 Å². The Morgan fingerprint density at radius 3 is 2.35 bits per heavy atom. The zero-order valence-electron chi connectivity index (χ0n) is 14.0. The number of nitrogens with zero attached hydrogens (tertiary/aromatic N) is 1. The Labute approximate surface area is 137 Å². The van der Waals surface area contributed by atoms with Gasteiger partial charge in [0.25, 0.3) is 0 Å². The molecule has 0 aliphatic carbocycles. The summed E-state index contributed by atoms with van der Waals surface area (Å²) in [5, 5.41) is 11.7. The molecule has 7 nitrogen and oxygen atoms in total. The molecule has 2 saturated heterocycles. The number of nitrogens with one attached hydrogen (secondary N) is 1. The van der Waals surface area contributed by atoms with Crippen LogP contribution in [0.1, 0.15) is 39.5 Å². The third kappa shape index (κ3) is 5.16. The summed E-state index contributed by atoms with van der Waals surface area (Å²) in [6.07, 6.45) is 2.82. The van der Waals surface area contributed by atoms with E-state index in [1.165, 1.54) is 0 Å². The van der Waals surface area contributed by atoms with E-state index >= 15 is 0 Å². The van der Waals surface area contributed by atoms with E-state index in [9.17, 15) is 9.59 Å². The van der Waals surface area contributed by atoms with Crippen LogP contribution in [-0.2, 0) is 19.1 Å². The number of carbonyl (C=O) groups is 2. The Morgan fingerprint density at radius 1 is 1.22 bits per heavy atom. The highest BCUT2D eigenvalue weighted by Gasteiger charge is 2.39. The summed E-state index contributed by atoms with van der Waals surface area (Å²) < 4.78 is 11.4. The van der Waals surface area contributed by atoms with Crippen LogP contribution in [0.3, 0.4) is 0 Å². The number of aliphatic carboxylic acids is 1. The van der Waals surface area contributed by atoms with E-state index in [0.29, 0.717) is 19.6 Å². The number of amides is 1. The van der Waals surface area contributed by atoms with Crippen molar-refractivity contribution in [1.82, 2.24) is 10.2 Å². The second-order valence-corrected chi connectivity index (χ2v) is 6.68. The molecule has 1 amide bonds. The molecule has 1 unspecified atom stereocenters. The van der Waals surface area contributed by atoms with Crippen LogP contribution in [0.25, 0.3) is 0 Å². The summed E-state index contributed by atoms with van der Waals surface area (Å²) in [6.45, 7) is 7.59. The Balaban J connectivity index is 1.63. The second-order valence-electron chi connectivity index (χ2n) is 6.68. The SMILES string of the molecule is CC(C)C(NC(=O)CCCN1CCC2(CC1)OCCO2)C(=O)O. The fourth-order valence-electron chi connectivity index (χ4n) is 3.13. The van der Waals surface area contributed by atoms with E-state index in [2.05, 4.69) is 10.2 Å². The van der Waals surface area contributed by atoms with Gasteiger partial charge >= 0.3 is 5.97 Å². The standard InChI is InChI=1S/C16H28N2O5/c1-12(2)14(15(20)21)17-13(19)4-3-7-18-8-5-16(6-9-18)22-10-11-23-16/h12,14H,3-11H2,1-2H3,(H,17,19)(H,20,21). The van der Waals surface area contributed by atoms with E-state index in [0.717, 1.165) is 38.9 Å². The first-order valence-corrected chi connectivity index (χ1v) is 8.44. The molecule has 2 aliphatic rings. The van der Waals surface area contributed by atoms with Gasteiger partial charge in [-0.1, -0.05) is 13.8 Å². The maximum absolute atomic E-state index is 11.9. The molecule has 0 aromatic carbocycles. The predicted octanol–water partition coefficient (Wildman–Crippen LogP) is 0.831. The molecule has 0 aromatic heterocycles. The number of carboxylic acids is 1. The average Bonchev–Trinajstić information content (AvgIpc) is 2.95. The number of carbonyl (C=O) groups excluding carboxylic acids is 1. The molecule has 132 valence electrons. The molecule has 0 aromatic rings. The minimum atomic E-state index is -0.980. The summed E-state index contributed by atoms with van der Waals surface area (Å²) >= 11 is 0. The zero-order chi connectivity index (χ0) is 16.9. The van der Waals surface area contributed by atoms with Crippen LogP contribution >= 0.6 is 0 Å². The van der Waals surface area contributed by atoms with Gasteiger partial charge in [-0.25, -0.2) is 4.79 Å². The topological polar surface area (TPSA) is 88.1 Å². The van der Waals surface area contributed by atoms with Crippen molar-refractivity contribution in [2.24, 2.45) is 5.92 Å². The van der Waals surface area contributed by atoms with Crippen molar-refractivity contribution in [3.05, 3.63) is 0 Å². The van der Waals surface area contributed by atoms with Gasteiger partial charge in [-0.05, 0) is 18.9 Å². The minimum absolute atomic E-state index is 0.124. The maximum atomic E-state index is 11.9. The summed E-state index contributed by atoms with van der Waals surface area (Å²) in [6, 6.07) is -0.811. The zero-order valence-corrected chi connectivity index (χ0v) is 14.0. The van der Waals surface area contributed by atoms with E-state index in [4.69, 9.17) is 14.6 Å². The molecule has 2 N–H and O–H groups in total. The molecule has 1 atom stereocenters. The molecule has 2 rings (SSSR count). The largest absolute Gasteiger partial charge is 0.480 e. The van der Waals surface area contributed by atoms with Gasteiger partial charge < -0.3 is 24.8 Å². The van der Waals surface area contributed by atoms with Crippen molar-refractivity contribution in [3.63, 3.8) is 0 Å². The third-order valence-corrected chi connectivity index (χ3v) is 4.56. The smallest absolute Gasteiger partial charge is 0.326 e. The Bertz CT molecular complexity index is 411. The molecule has 0 saturated carbocycles. The molecular weight excluding hydrogens is 300 g/mol. The van der Waals surface area contributed by atoms with Gasteiger partial charge in [0.1, 0.15) is 6.04 Å². The number of hydrogen-bond donors (Lipinski definition) is 2. The average molecular weight is 328 g/mol. The fraction of sp³-hybridized carbons (Fsp3) is 0.875. The lowest BCUT2D eigenvalue weighted by Gasteiger charge is -2.37. The van der Waals surface area contributed by atoms with Gasteiger partial charge in [0, 0.05) is 32.4 Å². The lowest BCUT2D eigenvalue weighted by molar-refractivity contribution is -0.185. The number of hydrogen-bond acceptors (Lipinski definition) is 5. The highest BCUT2D eigenvalue weighted by Crippen LogP contribution is 2.31. The normalized spacial score (nSPS) is 22.4. The second kappa shape index (κ2) is 8.08. The van der Waals surface area contributed by atoms with Gasteiger partial charge in [-0.2, -0.15) is 0 Å². The lowest BCUT2D eigenvalue weighted by atomic mass is 10.0. The molecule has 2 fully saturated rings. The van der Waals surface area contributed by atoms with E-state index in [1.54, 1.807) is 13.8 Å². The van der Waals surface area contributed by atoms with E-state index < -0.39 is 12.0 Å². The molecule has 2 heterocycles. The van der Waals surface area contributed by atoms with Crippen LogP contribution in [0, 0.1) is 5.92 Å². The van der Waals surface area contributed by atoms with Crippen LogP contribution in [0.4, 0.5) is 0 Å². The summed E-state index contributed by atoms with van der Waals surface area (Å²) in [5.74, 6) is -1.66. The monoisotopic (exact) mass is 328 g/mol. The fourth-order valence-corrected chi connectivity index (χ4v) is 3.13. The van der Waals surface area contributed by atoms with Crippen LogP contribution in [-0.4, -0.2) is 66.6 Å². The predicted molar refractivity (Wildman–Crippen MR) is 83.9 cm³/mol. The van der Waals surface area contributed by atoms with Gasteiger partial charge in [-0.3, -0.25) is 4.79 Å². The third-order valence-electron chi connectivity index (χ3n) is 4.56. The van der Waals surface area contributed by atoms with Gasteiger partial charge in [0.15, 0.2) is 5.79 Å². The van der Waals surface area contributed by atoms with E-state index in [1.807, 2.05) is 0 Å². The van der Waals surface area contributed by atoms with Gasteiger partial charge in [0.2, 0.25) is 5.91 Å². The number of rotatable bonds is 7. The molecule has 2 aliphatic heterocycles. The first kappa shape index (κ1) is 18.2. The van der Waals surface area contributed by atoms with Crippen LogP contribution in [0.5, 0.6) is 0 Å². The van der Waals surface area contributed by atoms with Gasteiger partial charge in [-0.15, -0.1) is 0 Å². The first-order chi connectivity index (χ1) is 10.9. The van der Waals surface area contributed by atoms with Crippen molar-refractivity contribution >= 4 is 11.9 Å². The lowest BCUT2D eigenvalue weighted by Crippen LogP contribution is -2.46. The molecule has 0 bridgehead atoms. The van der Waals surface area contributed by atoms with Crippen LogP contribution in [0.15, 0.2) is 0 Å². The van der Waals surface area contributed by atoms with E-state index in [-0.39, 0.29) is 17.6 Å². The highest BCUT2D eigenvalue weighted by atomic mass is 16.7. The number of carboxylic acid groups (broad SMARTS) is 1. The Morgan fingerprint density at radius 2 is 1.83 bits per heavy atom. The quantitative estimate of drug-likeness (QED) is 0.720. The summed E-state index contributed by atoms with van der Waals surface area (Å²) in [4.78, 5) is 25.3. The summed E-state index contributed by atoms with van der Waals surface area (Å²) in [5.41, 5.74) is 0. The van der Waals surface area contributed by atoms with Crippen molar-refractivity contribution in [2.45, 2.75) is 51.4 Å². The first-order valence-electron chi connectivity index (χ1n) is 8.44.